The van der Waals surface area contributed by atoms with Crippen LogP contribution in [0.25, 0.3) is 0 Å². The number of carbonyl (C=O) groups is 1. The Morgan fingerprint density at radius 3 is 2.52 bits per heavy atom. The van der Waals surface area contributed by atoms with Crippen LogP contribution in [0.2, 0.25) is 0 Å². The van der Waals surface area contributed by atoms with Gasteiger partial charge >= 0.3 is 5.97 Å². The van der Waals surface area contributed by atoms with E-state index >= 15 is 0 Å². The Morgan fingerprint density at radius 2 is 1.81 bits per heavy atom. The summed E-state index contributed by atoms with van der Waals surface area (Å²) in [6.45, 7) is 8.46. The standard InChI is InChI=1S/C26H40O5/c1-16(4-7-22(28)29)18-5-6-19-23-20(8-9-25(18,19)3)24(2)10-11-26(30-12-13-31-26)15-17(24)14-21(23)27/h17,19-21,23,27H,4-15H2,1-3H3,(H,28,29)/b18-16+/t17-,19?,20?,21?,23?,24?,25?/m0/s1. The van der Waals surface area contributed by atoms with Crippen molar-refractivity contribution in [1.82, 2.24) is 0 Å². The largest absolute Gasteiger partial charge is 0.481 e. The van der Waals surface area contributed by atoms with Gasteiger partial charge in [0.05, 0.1) is 19.3 Å². The van der Waals surface area contributed by atoms with E-state index in [1.165, 1.54) is 24.0 Å². The Bertz CT molecular complexity index is 768. The predicted molar refractivity (Wildman–Crippen MR) is 117 cm³/mol. The summed E-state index contributed by atoms with van der Waals surface area (Å²) in [6.07, 6.45) is 9.12. The Kier molecular flexibility index (Phi) is 5.35. The molecule has 1 heterocycles. The van der Waals surface area contributed by atoms with Crippen LogP contribution in [0, 0.1) is 34.5 Å². The van der Waals surface area contributed by atoms with Gasteiger partial charge in [-0.15, -0.1) is 0 Å². The van der Waals surface area contributed by atoms with Crippen molar-refractivity contribution < 1.29 is 24.5 Å². The minimum absolute atomic E-state index is 0.126. The van der Waals surface area contributed by atoms with E-state index in [4.69, 9.17) is 14.6 Å². The van der Waals surface area contributed by atoms with E-state index < -0.39 is 5.97 Å². The molecule has 5 heteroatoms. The first-order valence-electron chi connectivity index (χ1n) is 12.6. The third kappa shape index (κ3) is 3.33. The molecule has 5 nitrogen and oxygen atoms in total. The van der Waals surface area contributed by atoms with Gasteiger partial charge in [-0.2, -0.15) is 0 Å². The predicted octanol–water partition coefficient (Wildman–Crippen LogP) is 4.92. The molecule has 6 unspecified atom stereocenters. The molecule has 0 aromatic heterocycles. The van der Waals surface area contributed by atoms with E-state index in [-0.39, 0.29) is 29.1 Å². The molecular weight excluding hydrogens is 392 g/mol. The van der Waals surface area contributed by atoms with Crippen LogP contribution in [0.3, 0.4) is 0 Å². The molecule has 5 aliphatic rings. The van der Waals surface area contributed by atoms with E-state index in [2.05, 4.69) is 20.8 Å². The van der Waals surface area contributed by atoms with Crippen LogP contribution in [-0.4, -0.2) is 41.3 Å². The highest BCUT2D eigenvalue weighted by Crippen LogP contribution is 2.68. The molecule has 31 heavy (non-hydrogen) atoms. The Hall–Kier alpha value is -0.910. The van der Waals surface area contributed by atoms with E-state index in [0.29, 0.717) is 43.3 Å². The number of aliphatic hydroxyl groups is 1. The second-order valence-electron chi connectivity index (χ2n) is 11.8. The summed E-state index contributed by atoms with van der Waals surface area (Å²) in [7, 11) is 0. The van der Waals surface area contributed by atoms with Gasteiger partial charge in [-0.1, -0.05) is 25.0 Å². The summed E-state index contributed by atoms with van der Waals surface area (Å²) < 4.78 is 12.1. The molecular formula is C26H40O5. The summed E-state index contributed by atoms with van der Waals surface area (Å²) in [5, 5.41) is 20.6. The SMILES string of the molecule is C/C(CCC(=O)O)=C1/CCC2C3C(O)C[C@H]4CC5(CCC4(C)C3CCC12C)OCCO5. The Labute approximate surface area is 186 Å². The van der Waals surface area contributed by atoms with Crippen molar-refractivity contribution in [1.29, 1.82) is 0 Å². The van der Waals surface area contributed by atoms with Crippen LogP contribution < -0.4 is 0 Å². The van der Waals surface area contributed by atoms with Crippen LogP contribution >= 0.6 is 0 Å². The fraction of sp³-hybridized carbons (Fsp3) is 0.885. The lowest BCUT2D eigenvalue weighted by Crippen LogP contribution is -2.59. The molecule has 0 amide bonds. The highest BCUT2D eigenvalue weighted by atomic mass is 16.7. The van der Waals surface area contributed by atoms with Crippen molar-refractivity contribution in [2.24, 2.45) is 34.5 Å². The van der Waals surface area contributed by atoms with Crippen LogP contribution in [-0.2, 0) is 14.3 Å². The highest BCUT2D eigenvalue weighted by Gasteiger charge is 2.63. The molecule has 5 rings (SSSR count). The summed E-state index contributed by atoms with van der Waals surface area (Å²) in [4.78, 5) is 11.1. The number of rotatable bonds is 3. The average molecular weight is 433 g/mol. The molecule has 2 N–H and O–H groups in total. The van der Waals surface area contributed by atoms with Crippen LogP contribution in [0.4, 0.5) is 0 Å². The maximum absolute atomic E-state index is 11.5. The summed E-state index contributed by atoms with van der Waals surface area (Å²) in [5.74, 6) is 0.818. The van der Waals surface area contributed by atoms with Crippen molar-refractivity contribution in [3.63, 3.8) is 0 Å². The Morgan fingerprint density at radius 1 is 1.06 bits per heavy atom. The van der Waals surface area contributed by atoms with Crippen molar-refractivity contribution in [3.05, 3.63) is 11.1 Å². The maximum Gasteiger partial charge on any atom is 0.303 e. The fourth-order valence-electron chi connectivity index (χ4n) is 8.88. The number of hydrogen-bond donors (Lipinski definition) is 2. The first kappa shape index (κ1) is 21.9. The highest BCUT2D eigenvalue weighted by molar-refractivity contribution is 5.67. The van der Waals surface area contributed by atoms with E-state index in [9.17, 15) is 9.90 Å². The monoisotopic (exact) mass is 432 g/mol. The molecule has 4 saturated carbocycles. The zero-order valence-corrected chi connectivity index (χ0v) is 19.5. The molecule has 1 spiro atoms. The smallest absolute Gasteiger partial charge is 0.303 e. The maximum atomic E-state index is 11.5. The number of carboxylic acids is 1. The minimum atomic E-state index is -0.713. The topological polar surface area (TPSA) is 76.0 Å². The van der Waals surface area contributed by atoms with Gasteiger partial charge < -0.3 is 19.7 Å². The van der Waals surface area contributed by atoms with Crippen molar-refractivity contribution in [2.75, 3.05) is 13.2 Å². The number of ether oxygens (including phenoxy) is 2. The number of fused-ring (bicyclic) bond motifs is 5. The number of carboxylic acid groups (broad SMARTS) is 1. The molecule has 5 fully saturated rings. The second kappa shape index (κ2) is 7.56. The molecule has 7 atom stereocenters. The van der Waals surface area contributed by atoms with Gasteiger partial charge in [0.2, 0.25) is 0 Å². The summed E-state index contributed by atoms with van der Waals surface area (Å²) in [6, 6.07) is 0. The van der Waals surface area contributed by atoms with E-state index in [1.54, 1.807) is 0 Å². The zero-order valence-electron chi connectivity index (χ0n) is 19.5. The molecule has 0 aromatic rings. The molecule has 174 valence electrons. The van der Waals surface area contributed by atoms with Crippen molar-refractivity contribution in [2.45, 2.75) is 96.9 Å². The van der Waals surface area contributed by atoms with Gasteiger partial charge in [0, 0.05) is 19.3 Å². The van der Waals surface area contributed by atoms with Gasteiger partial charge in [0.1, 0.15) is 0 Å². The molecule has 0 aromatic carbocycles. The van der Waals surface area contributed by atoms with Crippen LogP contribution in [0.1, 0.15) is 85.0 Å². The Balaban J connectivity index is 1.40. The summed E-state index contributed by atoms with van der Waals surface area (Å²) in [5.41, 5.74) is 3.18. The lowest BCUT2D eigenvalue weighted by atomic mass is 9.44. The van der Waals surface area contributed by atoms with Gasteiger partial charge in [0.15, 0.2) is 5.79 Å². The van der Waals surface area contributed by atoms with Crippen LogP contribution in [0.5, 0.6) is 0 Å². The van der Waals surface area contributed by atoms with E-state index in [1.807, 2.05) is 0 Å². The normalized spacial score (nSPS) is 47.5. The number of aliphatic hydroxyl groups excluding tert-OH is 1. The number of aliphatic carboxylic acids is 1. The molecule has 1 aliphatic heterocycles. The average Bonchev–Trinajstić information content (AvgIpc) is 3.32. The first-order chi connectivity index (χ1) is 14.7. The molecule has 4 aliphatic carbocycles. The van der Waals surface area contributed by atoms with Crippen LogP contribution in [0.15, 0.2) is 11.1 Å². The van der Waals surface area contributed by atoms with Crippen molar-refractivity contribution >= 4 is 5.97 Å². The second-order valence-corrected chi connectivity index (χ2v) is 11.8. The quantitative estimate of drug-likeness (QED) is 0.619. The lowest BCUT2D eigenvalue weighted by Gasteiger charge is -2.62. The van der Waals surface area contributed by atoms with Gasteiger partial charge in [0.25, 0.3) is 0 Å². The molecule has 0 radical (unpaired) electrons. The van der Waals surface area contributed by atoms with Crippen molar-refractivity contribution in [3.8, 4) is 0 Å². The van der Waals surface area contributed by atoms with Gasteiger partial charge in [-0.05, 0) is 86.4 Å². The zero-order chi connectivity index (χ0) is 22.0. The van der Waals surface area contributed by atoms with Gasteiger partial charge in [-0.25, -0.2) is 0 Å². The molecule has 0 bridgehead atoms. The lowest BCUT2D eigenvalue weighted by molar-refractivity contribution is -0.240. The third-order valence-corrected chi connectivity index (χ3v) is 10.5. The van der Waals surface area contributed by atoms with Gasteiger partial charge in [-0.3, -0.25) is 4.79 Å². The first-order valence-corrected chi connectivity index (χ1v) is 12.6. The summed E-state index contributed by atoms with van der Waals surface area (Å²) >= 11 is 0. The number of hydrogen-bond acceptors (Lipinski definition) is 4. The fourth-order valence-corrected chi connectivity index (χ4v) is 8.88. The number of allylic oxidation sites excluding steroid dienone is 2. The van der Waals surface area contributed by atoms with E-state index in [0.717, 1.165) is 38.5 Å². The third-order valence-electron chi connectivity index (χ3n) is 10.5. The minimum Gasteiger partial charge on any atom is -0.481 e. The molecule has 1 saturated heterocycles.